The van der Waals surface area contributed by atoms with E-state index in [1.54, 1.807) is 0 Å². The molecular formula is C28H18F8N2O2. The number of benzene rings is 4. The van der Waals surface area contributed by atoms with Gasteiger partial charge in [0.15, 0.2) is 0 Å². The monoisotopic (exact) mass is 566 g/mol. The molecule has 40 heavy (non-hydrogen) atoms. The van der Waals surface area contributed by atoms with Crippen LogP contribution in [0, 0.1) is 11.6 Å². The van der Waals surface area contributed by atoms with Crippen molar-refractivity contribution < 1.29 is 44.7 Å². The van der Waals surface area contributed by atoms with Crippen molar-refractivity contribution in [1.82, 2.24) is 0 Å². The molecule has 0 aliphatic rings. The van der Waals surface area contributed by atoms with E-state index in [1.807, 2.05) is 0 Å². The van der Waals surface area contributed by atoms with Crippen LogP contribution in [-0.4, -0.2) is 11.8 Å². The molecule has 4 aromatic carbocycles. The van der Waals surface area contributed by atoms with Gasteiger partial charge in [0.05, 0.1) is 22.5 Å². The van der Waals surface area contributed by atoms with Crippen LogP contribution in [0.4, 0.5) is 46.5 Å². The molecule has 4 rings (SSSR count). The molecule has 0 spiro atoms. The number of halogens is 8. The Morgan fingerprint density at radius 3 is 1.18 bits per heavy atom. The molecule has 0 bridgehead atoms. The van der Waals surface area contributed by atoms with Gasteiger partial charge in [0.2, 0.25) is 0 Å². The van der Waals surface area contributed by atoms with Crippen LogP contribution in [0.15, 0.2) is 97.1 Å². The van der Waals surface area contributed by atoms with Gasteiger partial charge in [-0.15, -0.1) is 0 Å². The second kappa shape index (κ2) is 12.4. The van der Waals surface area contributed by atoms with Crippen LogP contribution >= 0.6 is 0 Å². The number of hydrogen-bond acceptors (Lipinski definition) is 2. The van der Waals surface area contributed by atoms with Crippen LogP contribution in [0.2, 0.25) is 0 Å². The van der Waals surface area contributed by atoms with Crippen LogP contribution in [0.3, 0.4) is 0 Å². The molecule has 12 heteroatoms. The maximum Gasteiger partial charge on any atom is 0.418 e. The lowest BCUT2D eigenvalue weighted by molar-refractivity contribution is -0.137. The Morgan fingerprint density at radius 2 is 0.850 bits per heavy atom. The summed E-state index contributed by atoms with van der Waals surface area (Å²) >= 11 is 0. The maximum atomic E-state index is 13.0. The summed E-state index contributed by atoms with van der Waals surface area (Å²) in [6.07, 6.45) is -9.16. The molecule has 0 aliphatic carbocycles. The fourth-order valence-corrected chi connectivity index (χ4v) is 3.33. The summed E-state index contributed by atoms with van der Waals surface area (Å²) in [5.41, 5.74) is -2.75. The number of rotatable bonds is 4. The second-order valence-corrected chi connectivity index (χ2v) is 8.02. The number of amides is 2. The first-order valence-electron chi connectivity index (χ1n) is 11.2. The third-order valence-electron chi connectivity index (χ3n) is 5.13. The third kappa shape index (κ3) is 8.13. The first-order valence-corrected chi connectivity index (χ1v) is 11.2. The molecule has 0 atom stereocenters. The average Bonchev–Trinajstić information content (AvgIpc) is 2.88. The van der Waals surface area contributed by atoms with E-state index in [9.17, 15) is 44.7 Å². The van der Waals surface area contributed by atoms with Crippen LogP contribution in [0.25, 0.3) is 0 Å². The Labute approximate surface area is 222 Å². The molecule has 0 radical (unpaired) electrons. The number of para-hydroxylation sites is 2. The summed E-state index contributed by atoms with van der Waals surface area (Å²) in [4.78, 5) is 23.6. The molecule has 2 N–H and O–H groups in total. The van der Waals surface area contributed by atoms with Crippen LogP contribution in [0.5, 0.6) is 0 Å². The summed E-state index contributed by atoms with van der Waals surface area (Å²) < 4.78 is 102. The smallest absolute Gasteiger partial charge is 0.321 e. The summed E-state index contributed by atoms with van der Waals surface area (Å²) in [6.45, 7) is 0. The van der Waals surface area contributed by atoms with Gasteiger partial charge in [-0.1, -0.05) is 36.4 Å². The van der Waals surface area contributed by atoms with Crippen LogP contribution < -0.4 is 10.6 Å². The molecule has 0 aliphatic heterocycles. The van der Waals surface area contributed by atoms with E-state index in [-0.39, 0.29) is 22.5 Å². The zero-order valence-corrected chi connectivity index (χ0v) is 20.1. The van der Waals surface area contributed by atoms with Crippen molar-refractivity contribution in [1.29, 1.82) is 0 Å². The molecule has 4 aromatic rings. The molecular weight excluding hydrogens is 548 g/mol. The molecule has 0 fully saturated rings. The number of carbonyl (C=O) groups is 2. The van der Waals surface area contributed by atoms with Gasteiger partial charge in [-0.05, 0) is 60.7 Å². The highest BCUT2D eigenvalue weighted by atomic mass is 19.4. The Kier molecular flexibility index (Phi) is 9.25. The normalized spacial score (nSPS) is 11.2. The van der Waals surface area contributed by atoms with E-state index in [4.69, 9.17) is 0 Å². The minimum atomic E-state index is -4.58. The maximum absolute atomic E-state index is 13.0. The van der Waals surface area contributed by atoms with E-state index < -0.39 is 46.9 Å². The lowest BCUT2D eigenvalue weighted by Gasteiger charge is -2.13. The van der Waals surface area contributed by atoms with Crippen LogP contribution in [0.1, 0.15) is 31.8 Å². The average molecular weight is 566 g/mol. The van der Waals surface area contributed by atoms with Gasteiger partial charge in [0.25, 0.3) is 11.8 Å². The number of nitrogens with one attached hydrogen (secondary N) is 2. The Hall–Kier alpha value is -4.74. The Bertz CT molecular complexity index is 1390. The summed E-state index contributed by atoms with van der Waals surface area (Å²) in [5, 5.41) is 4.27. The topological polar surface area (TPSA) is 58.2 Å². The Balaban J connectivity index is 0.000000220. The van der Waals surface area contributed by atoms with E-state index >= 15 is 0 Å². The van der Waals surface area contributed by atoms with Gasteiger partial charge < -0.3 is 10.6 Å². The molecule has 0 aromatic heterocycles. The van der Waals surface area contributed by atoms with E-state index in [1.165, 1.54) is 48.5 Å². The van der Waals surface area contributed by atoms with Gasteiger partial charge in [-0.2, -0.15) is 26.3 Å². The molecule has 0 saturated heterocycles. The lowest BCUT2D eigenvalue weighted by Crippen LogP contribution is -2.16. The number of hydrogen-bond donors (Lipinski definition) is 2. The highest BCUT2D eigenvalue weighted by Gasteiger charge is 2.34. The van der Waals surface area contributed by atoms with Gasteiger partial charge in [0, 0.05) is 11.1 Å². The SMILES string of the molecule is O=C(Nc1ccccc1C(F)(F)F)c1cccc(F)c1.O=C(Nc1ccccc1C(F)(F)F)c1cccc(F)c1. The largest absolute Gasteiger partial charge is 0.418 e. The van der Waals surface area contributed by atoms with Gasteiger partial charge in [0.1, 0.15) is 11.6 Å². The zero-order chi connectivity index (χ0) is 29.5. The van der Waals surface area contributed by atoms with Crippen molar-refractivity contribution in [3.63, 3.8) is 0 Å². The van der Waals surface area contributed by atoms with Crippen molar-refractivity contribution in [3.05, 3.63) is 131 Å². The van der Waals surface area contributed by atoms with E-state index in [0.29, 0.717) is 0 Å². The third-order valence-corrected chi connectivity index (χ3v) is 5.13. The van der Waals surface area contributed by atoms with Crippen molar-refractivity contribution in [3.8, 4) is 0 Å². The quantitative estimate of drug-likeness (QED) is 0.245. The number of alkyl halides is 6. The minimum Gasteiger partial charge on any atom is -0.321 e. The summed E-state index contributed by atoms with van der Waals surface area (Å²) in [7, 11) is 0. The predicted molar refractivity (Wildman–Crippen MR) is 132 cm³/mol. The second-order valence-electron chi connectivity index (χ2n) is 8.02. The van der Waals surface area contributed by atoms with Crippen LogP contribution in [-0.2, 0) is 12.4 Å². The highest BCUT2D eigenvalue weighted by molar-refractivity contribution is 6.05. The van der Waals surface area contributed by atoms with Crippen molar-refractivity contribution in [2.75, 3.05) is 10.6 Å². The predicted octanol–water partition coefficient (Wildman–Crippen LogP) is 8.19. The molecule has 2 amide bonds. The van der Waals surface area contributed by atoms with Gasteiger partial charge in [-0.3, -0.25) is 9.59 Å². The number of anilines is 2. The molecule has 0 unspecified atom stereocenters. The first-order chi connectivity index (χ1) is 18.8. The molecule has 0 saturated carbocycles. The standard InChI is InChI=1S/2C14H9F4NO/c2*15-10-5-3-4-9(8-10)13(20)19-12-7-2-1-6-11(12)14(16,17)18/h2*1-8H,(H,19,20). The lowest BCUT2D eigenvalue weighted by atomic mass is 10.1. The highest BCUT2D eigenvalue weighted by Crippen LogP contribution is 2.35. The van der Waals surface area contributed by atoms with Gasteiger partial charge >= 0.3 is 12.4 Å². The van der Waals surface area contributed by atoms with Gasteiger partial charge in [-0.25, -0.2) is 8.78 Å². The summed E-state index contributed by atoms with van der Waals surface area (Å²) in [6, 6.07) is 18.6. The molecule has 4 nitrogen and oxygen atoms in total. The van der Waals surface area contributed by atoms with E-state index in [2.05, 4.69) is 10.6 Å². The fourth-order valence-electron chi connectivity index (χ4n) is 3.33. The zero-order valence-electron chi connectivity index (χ0n) is 20.1. The number of carbonyl (C=O) groups excluding carboxylic acids is 2. The van der Waals surface area contributed by atoms with Crippen molar-refractivity contribution >= 4 is 23.2 Å². The summed E-state index contributed by atoms with van der Waals surface area (Å²) in [5.74, 6) is -2.88. The van der Waals surface area contributed by atoms with Crippen molar-refractivity contribution in [2.45, 2.75) is 12.4 Å². The minimum absolute atomic E-state index is 0.0537. The Morgan fingerprint density at radius 1 is 0.500 bits per heavy atom. The molecule has 208 valence electrons. The van der Waals surface area contributed by atoms with Crippen molar-refractivity contribution in [2.24, 2.45) is 0 Å². The fraction of sp³-hybridized carbons (Fsp3) is 0.0714. The first kappa shape index (κ1) is 29.8. The van der Waals surface area contributed by atoms with E-state index in [0.717, 1.165) is 48.5 Å². The molecule has 0 heterocycles.